The largest absolute Gasteiger partial charge is 0.493 e. The van der Waals surface area contributed by atoms with Crippen molar-refractivity contribution in [1.82, 2.24) is 5.32 Å². The van der Waals surface area contributed by atoms with Gasteiger partial charge in [0.15, 0.2) is 0 Å². The number of para-hydroxylation sites is 1. The molecule has 18 heavy (non-hydrogen) atoms. The summed E-state index contributed by atoms with van der Waals surface area (Å²) in [5, 5.41) is 12.2. The van der Waals surface area contributed by atoms with Gasteiger partial charge in [-0.2, -0.15) is 0 Å². The first-order valence-corrected chi connectivity index (χ1v) is 6.82. The summed E-state index contributed by atoms with van der Waals surface area (Å²) in [5.41, 5.74) is 2.39. The molecule has 0 heterocycles. The van der Waals surface area contributed by atoms with E-state index >= 15 is 0 Å². The first-order valence-electron chi connectivity index (χ1n) is 6.82. The fourth-order valence-corrected chi connectivity index (χ4v) is 1.85. The van der Waals surface area contributed by atoms with Crippen LogP contribution in [0.2, 0.25) is 0 Å². The smallest absolute Gasteiger partial charge is 0.126 e. The van der Waals surface area contributed by atoms with Crippen molar-refractivity contribution in [2.24, 2.45) is 0 Å². The van der Waals surface area contributed by atoms with Gasteiger partial charge in [-0.15, -0.1) is 0 Å². The zero-order valence-corrected chi connectivity index (χ0v) is 11.5. The first-order chi connectivity index (χ1) is 8.79. The first kappa shape index (κ1) is 15.0. The minimum atomic E-state index is 0.238. The molecule has 0 aliphatic rings. The van der Waals surface area contributed by atoms with Crippen LogP contribution in [0.5, 0.6) is 5.75 Å². The highest BCUT2D eigenvalue weighted by Gasteiger charge is 2.06. The number of unbranched alkanes of at least 4 members (excludes halogenated alkanes) is 1. The van der Waals surface area contributed by atoms with Gasteiger partial charge in [-0.1, -0.05) is 25.1 Å². The third-order valence-electron chi connectivity index (χ3n) is 2.83. The fourth-order valence-electron chi connectivity index (χ4n) is 1.85. The van der Waals surface area contributed by atoms with Crippen LogP contribution < -0.4 is 10.1 Å². The van der Waals surface area contributed by atoms with Gasteiger partial charge in [-0.25, -0.2) is 0 Å². The lowest BCUT2D eigenvalue weighted by Crippen LogP contribution is -2.15. The Morgan fingerprint density at radius 3 is 2.83 bits per heavy atom. The Balaban J connectivity index is 2.56. The molecule has 0 atom stereocenters. The second kappa shape index (κ2) is 8.95. The average Bonchev–Trinajstić information content (AvgIpc) is 2.37. The molecule has 0 fully saturated rings. The molecule has 0 saturated carbocycles. The number of benzene rings is 1. The summed E-state index contributed by atoms with van der Waals surface area (Å²) >= 11 is 0. The van der Waals surface area contributed by atoms with Crippen molar-refractivity contribution in [2.45, 2.75) is 39.7 Å². The summed E-state index contributed by atoms with van der Waals surface area (Å²) in [7, 11) is 0. The zero-order valence-electron chi connectivity index (χ0n) is 11.5. The van der Waals surface area contributed by atoms with E-state index in [0.717, 1.165) is 38.1 Å². The van der Waals surface area contributed by atoms with Crippen LogP contribution in [0.15, 0.2) is 18.2 Å². The SMILES string of the molecule is CCCNCc1cccc(C)c1OCCCCO. The predicted octanol–water partition coefficient (Wildman–Crippen LogP) is 2.65. The summed E-state index contributed by atoms with van der Waals surface area (Å²) in [5.74, 6) is 0.999. The molecule has 0 spiro atoms. The van der Waals surface area contributed by atoms with Crippen molar-refractivity contribution in [3.05, 3.63) is 29.3 Å². The summed E-state index contributed by atoms with van der Waals surface area (Å²) in [6.45, 7) is 7.03. The molecule has 0 unspecified atom stereocenters. The molecular weight excluding hydrogens is 226 g/mol. The minimum Gasteiger partial charge on any atom is -0.493 e. The van der Waals surface area contributed by atoms with Gasteiger partial charge in [0.25, 0.3) is 0 Å². The van der Waals surface area contributed by atoms with Crippen LogP contribution in [0, 0.1) is 6.92 Å². The quantitative estimate of drug-likeness (QED) is 0.663. The van der Waals surface area contributed by atoms with E-state index in [9.17, 15) is 0 Å². The highest BCUT2D eigenvalue weighted by molar-refractivity contribution is 5.40. The van der Waals surface area contributed by atoms with Crippen molar-refractivity contribution >= 4 is 0 Å². The third kappa shape index (κ3) is 5.07. The number of hydrogen-bond donors (Lipinski definition) is 2. The van der Waals surface area contributed by atoms with Crippen LogP contribution in [0.4, 0.5) is 0 Å². The van der Waals surface area contributed by atoms with E-state index < -0.39 is 0 Å². The number of aliphatic hydroxyl groups is 1. The van der Waals surface area contributed by atoms with Crippen LogP contribution in [-0.4, -0.2) is 24.9 Å². The van der Waals surface area contributed by atoms with Gasteiger partial charge >= 0.3 is 0 Å². The average molecular weight is 251 g/mol. The van der Waals surface area contributed by atoms with Gasteiger partial charge in [0.2, 0.25) is 0 Å². The molecule has 1 aromatic carbocycles. The van der Waals surface area contributed by atoms with Crippen LogP contribution in [0.25, 0.3) is 0 Å². The molecule has 0 bridgehead atoms. The van der Waals surface area contributed by atoms with Crippen molar-refractivity contribution in [1.29, 1.82) is 0 Å². The second-order valence-electron chi connectivity index (χ2n) is 4.52. The molecule has 2 N–H and O–H groups in total. The predicted molar refractivity (Wildman–Crippen MR) is 75.0 cm³/mol. The number of aryl methyl sites for hydroxylation is 1. The monoisotopic (exact) mass is 251 g/mol. The van der Waals surface area contributed by atoms with Gasteiger partial charge < -0.3 is 15.2 Å². The Bertz CT molecular complexity index is 339. The summed E-state index contributed by atoms with van der Waals surface area (Å²) in [6, 6.07) is 6.25. The number of aliphatic hydroxyl groups excluding tert-OH is 1. The molecule has 0 aliphatic carbocycles. The lowest BCUT2D eigenvalue weighted by Gasteiger charge is -2.14. The Morgan fingerprint density at radius 1 is 1.28 bits per heavy atom. The van der Waals surface area contributed by atoms with E-state index in [1.165, 1.54) is 11.1 Å². The van der Waals surface area contributed by atoms with Gasteiger partial charge in [-0.3, -0.25) is 0 Å². The Labute approximate surface area is 110 Å². The van der Waals surface area contributed by atoms with Crippen LogP contribution >= 0.6 is 0 Å². The highest BCUT2D eigenvalue weighted by atomic mass is 16.5. The molecule has 3 nitrogen and oxygen atoms in total. The normalized spacial score (nSPS) is 10.6. The van der Waals surface area contributed by atoms with E-state index in [4.69, 9.17) is 9.84 Å². The zero-order chi connectivity index (χ0) is 13.2. The third-order valence-corrected chi connectivity index (χ3v) is 2.83. The maximum atomic E-state index is 8.75. The summed E-state index contributed by atoms with van der Waals surface area (Å²) in [6.07, 6.45) is 2.83. The van der Waals surface area contributed by atoms with Gasteiger partial charge in [0, 0.05) is 18.7 Å². The van der Waals surface area contributed by atoms with Gasteiger partial charge in [0.1, 0.15) is 5.75 Å². The summed E-state index contributed by atoms with van der Waals surface area (Å²) in [4.78, 5) is 0. The number of hydrogen-bond acceptors (Lipinski definition) is 3. The Hall–Kier alpha value is -1.06. The molecular formula is C15H25NO2. The molecule has 0 aliphatic heterocycles. The lowest BCUT2D eigenvalue weighted by molar-refractivity contribution is 0.251. The molecule has 0 aromatic heterocycles. The van der Waals surface area contributed by atoms with Crippen LogP contribution in [-0.2, 0) is 6.54 Å². The molecule has 0 radical (unpaired) electrons. The molecule has 0 amide bonds. The minimum absolute atomic E-state index is 0.238. The molecule has 102 valence electrons. The highest BCUT2D eigenvalue weighted by Crippen LogP contribution is 2.23. The lowest BCUT2D eigenvalue weighted by atomic mass is 10.1. The maximum absolute atomic E-state index is 8.75. The second-order valence-corrected chi connectivity index (χ2v) is 4.52. The molecule has 0 saturated heterocycles. The Kier molecular flexibility index (Phi) is 7.46. The molecule has 1 rings (SSSR count). The number of rotatable bonds is 9. The number of nitrogens with one attached hydrogen (secondary N) is 1. The van der Waals surface area contributed by atoms with Crippen molar-refractivity contribution in [3.63, 3.8) is 0 Å². The van der Waals surface area contributed by atoms with Gasteiger partial charge in [-0.05, 0) is 38.3 Å². The topological polar surface area (TPSA) is 41.5 Å². The van der Waals surface area contributed by atoms with Crippen LogP contribution in [0.1, 0.15) is 37.3 Å². The van der Waals surface area contributed by atoms with Crippen molar-refractivity contribution in [3.8, 4) is 5.75 Å². The van der Waals surface area contributed by atoms with Crippen molar-refractivity contribution in [2.75, 3.05) is 19.8 Å². The summed E-state index contributed by atoms with van der Waals surface area (Å²) < 4.78 is 5.85. The van der Waals surface area contributed by atoms with E-state index in [1.54, 1.807) is 0 Å². The van der Waals surface area contributed by atoms with Gasteiger partial charge in [0.05, 0.1) is 6.61 Å². The Morgan fingerprint density at radius 2 is 2.11 bits per heavy atom. The van der Waals surface area contributed by atoms with Crippen molar-refractivity contribution < 1.29 is 9.84 Å². The number of ether oxygens (including phenoxy) is 1. The maximum Gasteiger partial charge on any atom is 0.126 e. The van der Waals surface area contributed by atoms with Crippen LogP contribution in [0.3, 0.4) is 0 Å². The van der Waals surface area contributed by atoms with E-state index in [0.29, 0.717) is 6.61 Å². The van der Waals surface area contributed by atoms with E-state index in [2.05, 4.69) is 37.4 Å². The van der Waals surface area contributed by atoms with E-state index in [-0.39, 0.29) is 6.61 Å². The molecule has 1 aromatic rings. The standard InChI is InChI=1S/C15H25NO2/c1-3-9-16-12-14-8-6-7-13(2)15(14)18-11-5-4-10-17/h6-8,16-17H,3-5,9-12H2,1-2H3. The molecule has 3 heteroatoms. The van der Waals surface area contributed by atoms with E-state index in [1.807, 2.05) is 0 Å². The fraction of sp³-hybridized carbons (Fsp3) is 0.600.